The smallest absolute Gasteiger partial charge is 0.224 e. The van der Waals surface area contributed by atoms with Gasteiger partial charge in [-0.2, -0.15) is 0 Å². The molecule has 0 aliphatic rings. The van der Waals surface area contributed by atoms with E-state index >= 15 is 0 Å². The number of carbonyl (C=O) groups excluding carboxylic acids is 1. The molecule has 3 aromatic rings. The van der Waals surface area contributed by atoms with Crippen molar-refractivity contribution in [2.75, 3.05) is 20.8 Å². The summed E-state index contributed by atoms with van der Waals surface area (Å²) < 4.78 is 12.6. The van der Waals surface area contributed by atoms with E-state index in [2.05, 4.69) is 20.8 Å². The summed E-state index contributed by atoms with van der Waals surface area (Å²) in [6.07, 6.45) is 7.33. The average Bonchev–Trinajstić information content (AvgIpc) is 3.09. The number of hydrogen-bond donors (Lipinski definition) is 1. The maximum Gasteiger partial charge on any atom is 0.224 e. The van der Waals surface area contributed by atoms with Crippen molar-refractivity contribution in [2.24, 2.45) is 0 Å². The Bertz CT molecular complexity index is 1030. The fourth-order valence-electron chi connectivity index (χ4n) is 3.30. The predicted molar refractivity (Wildman–Crippen MR) is 113 cm³/mol. The average molecular weight is 391 g/mol. The van der Waals surface area contributed by atoms with Gasteiger partial charge in [-0.05, 0) is 36.2 Å². The summed E-state index contributed by atoms with van der Waals surface area (Å²) in [4.78, 5) is 16.9. The lowest BCUT2D eigenvalue weighted by Crippen LogP contribution is -2.26. The first-order chi connectivity index (χ1) is 14.2. The highest BCUT2D eigenvalue weighted by Gasteiger charge is 2.11. The molecule has 0 bridgehead atoms. The van der Waals surface area contributed by atoms with Crippen molar-refractivity contribution in [3.63, 3.8) is 0 Å². The number of nitrogens with zero attached hydrogens (tertiary/aromatic N) is 2. The second kappa shape index (κ2) is 9.65. The lowest BCUT2D eigenvalue weighted by atomic mass is 10.1. The van der Waals surface area contributed by atoms with Crippen LogP contribution in [-0.2, 0) is 24.2 Å². The van der Waals surface area contributed by atoms with Gasteiger partial charge in [0, 0.05) is 13.0 Å². The zero-order chi connectivity index (χ0) is 20.6. The number of imidazole rings is 1. The third-order valence-corrected chi connectivity index (χ3v) is 4.69. The van der Waals surface area contributed by atoms with Gasteiger partial charge in [0.2, 0.25) is 5.91 Å². The van der Waals surface area contributed by atoms with E-state index in [1.54, 1.807) is 20.3 Å². The van der Waals surface area contributed by atoms with Crippen LogP contribution in [0.15, 0.2) is 42.5 Å². The molecule has 0 aliphatic heterocycles. The summed E-state index contributed by atoms with van der Waals surface area (Å²) in [6.45, 7) is 1.06. The predicted octanol–water partition coefficient (Wildman–Crippen LogP) is 2.98. The highest BCUT2D eigenvalue weighted by molar-refractivity contribution is 5.79. The van der Waals surface area contributed by atoms with Gasteiger partial charge in [-0.25, -0.2) is 4.98 Å². The van der Waals surface area contributed by atoms with Crippen molar-refractivity contribution in [1.82, 2.24) is 14.9 Å². The van der Waals surface area contributed by atoms with Crippen LogP contribution in [0.2, 0.25) is 0 Å². The Morgan fingerprint density at radius 2 is 1.97 bits per heavy atom. The van der Waals surface area contributed by atoms with Gasteiger partial charge in [-0.15, -0.1) is 6.42 Å². The molecule has 0 unspecified atom stereocenters. The highest BCUT2D eigenvalue weighted by atomic mass is 16.5. The van der Waals surface area contributed by atoms with Gasteiger partial charge >= 0.3 is 0 Å². The normalized spacial score (nSPS) is 10.5. The summed E-state index contributed by atoms with van der Waals surface area (Å²) in [7, 11) is 3.16. The van der Waals surface area contributed by atoms with E-state index in [-0.39, 0.29) is 12.3 Å². The Kier molecular flexibility index (Phi) is 6.75. The van der Waals surface area contributed by atoms with E-state index in [1.165, 1.54) is 0 Å². The van der Waals surface area contributed by atoms with Crippen molar-refractivity contribution >= 4 is 16.9 Å². The van der Waals surface area contributed by atoms with Gasteiger partial charge in [0.25, 0.3) is 0 Å². The minimum absolute atomic E-state index is 0.0330. The number of carbonyl (C=O) groups is 1. The van der Waals surface area contributed by atoms with Crippen LogP contribution in [0.5, 0.6) is 11.5 Å². The van der Waals surface area contributed by atoms with E-state index in [0.29, 0.717) is 24.6 Å². The molecule has 1 amide bonds. The van der Waals surface area contributed by atoms with E-state index in [1.807, 2.05) is 36.4 Å². The topological polar surface area (TPSA) is 65.4 Å². The number of methoxy groups -OCH3 is 2. The second-order valence-corrected chi connectivity index (χ2v) is 6.63. The Hall–Kier alpha value is -3.46. The molecule has 3 rings (SSSR count). The number of para-hydroxylation sites is 2. The molecule has 1 N–H and O–H groups in total. The molecular weight excluding hydrogens is 366 g/mol. The first kappa shape index (κ1) is 20.3. The molecule has 2 aromatic carbocycles. The van der Waals surface area contributed by atoms with E-state index < -0.39 is 0 Å². The molecule has 6 heteroatoms. The van der Waals surface area contributed by atoms with Crippen LogP contribution in [0.25, 0.3) is 11.0 Å². The van der Waals surface area contributed by atoms with Crippen molar-refractivity contribution in [1.29, 1.82) is 0 Å². The molecular formula is C23H25N3O3. The van der Waals surface area contributed by atoms with Crippen molar-refractivity contribution in [3.05, 3.63) is 53.9 Å². The fraction of sp³-hybridized carbons (Fsp3) is 0.304. The molecule has 0 fully saturated rings. The van der Waals surface area contributed by atoms with Crippen molar-refractivity contribution in [3.8, 4) is 23.8 Å². The van der Waals surface area contributed by atoms with E-state index in [0.717, 1.165) is 35.3 Å². The number of ether oxygens (including phenoxy) is 2. The van der Waals surface area contributed by atoms with Crippen molar-refractivity contribution in [2.45, 2.75) is 25.8 Å². The number of aromatic nitrogens is 2. The summed E-state index contributed by atoms with van der Waals surface area (Å²) >= 11 is 0. The molecule has 0 spiro atoms. The quantitative estimate of drug-likeness (QED) is 0.450. The Morgan fingerprint density at radius 1 is 1.17 bits per heavy atom. The van der Waals surface area contributed by atoms with Crippen LogP contribution in [0, 0.1) is 12.3 Å². The molecule has 0 aliphatic carbocycles. The summed E-state index contributed by atoms with van der Waals surface area (Å²) in [5.74, 6) is 4.86. The van der Waals surface area contributed by atoms with Gasteiger partial charge in [0.05, 0.1) is 38.2 Å². The number of benzene rings is 2. The summed E-state index contributed by atoms with van der Waals surface area (Å²) in [6, 6.07) is 13.4. The minimum atomic E-state index is -0.0330. The SMILES string of the molecule is C#CCn1c(CCCNC(=O)Cc2ccc(OC)c(OC)c2)nc2ccccc21. The number of nitrogens with one attached hydrogen (secondary N) is 1. The largest absolute Gasteiger partial charge is 0.493 e. The Balaban J connectivity index is 1.53. The third-order valence-electron chi connectivity index (χ3n) is 4.69. The van der Waals surface area contributed by atoms with Crippen LogP contribution in [-0.4, -0.2) is 36.2 Å². The molecule has 1 aromatic heterocycles. The summed E-state index contributed by atoms with van der Waals surface area (Å²) in [5, 5.41) is 2.96. The van der Waals surface area contributed by atoms with Gasteiger partial charge in [0.1, 0.15) is 5.82 Å². The zero-order valence-electron chi connectivity index (χ0n) is 16.8. The second-order valence-electron chi connectivity index (χ2n) is 6.63. The van der Waals surface area contributed by atoms with Crippen LogP contribution in [0.4, 0.5) is 0 Å². The van der Waals surface area contributed by atoms with Crippen LogP contribution >= 0.6 is 0 Å². The molecule has 0 radical (unpaired) electrons. The fourth-order valence-corrected chi connectivity index (χ4v) is 3.30. The first-order valence-corrected chi connectivity index (χ1v) is 9.51. The molecule has 6 nitrogen and oxygen atoms in total. The first-order valence-electron chi connectivity index (χ1n) is 9.51. The van der Waals surface area contributed by atoms with E-state index in [9.17, 15) is 4.79 Å². The molecule has 0 atom stereocenters. The third kappa shape index (κ3) is 4.88. The lowest BCUT2D eigenvalue weighted by molar-refractivity contribution is -0.120. The molecule has 0 saturated carbocycles. The zero-order valence-corrected chi connectivity index (χ0v) is 16.8. The number of aryl methyl sites for hydroxylation is 1. The molecule has 0 saturated heterocycles. The number of hydrogen-bond acceptors (Lipinski definition) is 4. The van der Waals surface area contributed by atoms with Crippen LogP contribution < -0.4 is 14.8 Å². The minimum Gasteiger partial charge on any atom is -0.493 e. The number of rotatable bonds is 9. The highest BCUT2D eigenvalue weighted by Crippen LogP contribution is 2.27. The lowest BCUT2D eigenvalue weighted by Gasteiger charge is -2.10. The number of terminal acetylenes is 1. The number of fused-ring (bicyclic) bond motifs is 1. The van der Waals surface area contributed by atoms with Gasteiger partial charge in [-0.1, -0.05) is 24.1 Å². The number of amides is 1. The standard InChI is InChI=1S/C23H25N3O3/c1-4-14-26-19-9-6-5-8-18(19)25-22(26)10-7-13-24-23(27)16-17-11-12-20(28-2)21(15-17)29-3/h1,5-6,8-9,11-12,15H,7,10,13-14,16H2,2-3H3,(H,24,27). The van der Waals surface area contributed by atoms with Gasteiger partial charge in [-0.3, -0.25) is 4.79 Å². The van der Waals surface area contributed by atoms with Crippen LogP contribution in [0.1, 0.15) is 17.8 Å². The van der Waals surface area contributed by atoms with Gasteiger partial charge in [0.15, 0.2) is 11.5 Å². The van der Waals surface area contributed by atoms with Crippen LogP contribution in [0.3, 0.4) is 0 Å². The Labute approximate surface area is 170 Å². The molecule has 1 heterocycles. The van der Waals surface area contributed by atoms with Gasteiger partial charge < -0.3 is 19.4 Å². The molecule has 29 heavy (non-hydrogen) atoms. The summed E-state index contributed by atoms with van der Waals surface area (Å²) in [5.41, 5.74) is 2.85. The molecule has 150 valence electrons. The monoisotopic (exact) mass is 391 g/mol. The van der Waals surface area contributed by atoms with Crippen molar-refractivity contribution < 1.29 is 14.3 Å². The maximum absolute atomic E-state index is 12.3. The van der Waals surface area contributed by atoms with E-state index in [4.69, 9.17) is 15.9 Å². The Morgan fingerprint density at radius 3 is 2.72 bits per heavy atom. The maximum atomic E-state index is 12.3.